The molecule has 72 valence electrons. The minimum Gasteiger partial charge on any atom is -0.267 e. The van der Waals surface area contributed by atoms with Crippen molar-refractivity contribution >= 4 is 27.4 Å². The quantitative estimate of drug-likeness (QED) is 0.772. The van der Waals surface area contributed by atoms with Gasteiger partial charge in [0.15, 0.2) is 0 Å². The Hall–Kier alpha value is -0.810. The van der Waals surface area contributed by atoms with Gasteiger partial charge in [-0.05, 0) is 12.1 Å². The Kier molecular flexibility index (Phi) is 3.50. The summed E-state index contributed by atoms with van der Waals surface area (Å²) < 4.78 is 24.6. The SMILES string of the molecule is O=S(=O)(CCCl)Nc1ccccn1. The Morgan fingerprint density at radius 3 is 2.77 bits per heavy atom. The number of sulfonamides is 1. The van der Waals surface area contributed by atoms with E-state index in [1.165, 1.54) is 6.20 Å². The van der Waals surface area contributed by atoms with Crippen LogP contribution < -0.4 is 4.72 Å². The van der Waals surface area contributed by atoms with Gasteiger partial charge in [-0.25, -0.2) is 13.4 Å². The maximum Gasteiger partial charge on any atom is 0.235 e. The fourth-order valence-electron chi connectivity index (χ4n) is 0.735. The molecule has 0 aromatic carbocycles. The Morgan fingerprint density at radius 1 is 1.46 bits per heavy atom. The predicted octanol–water partition coefficient (Wildman–Crippen LogP) is 1.06. The van der Waals surface area contributed by atoms with Gasteiger partial charge in [0, 0.05) is 12.1 Å². The van der Waals surface area contributed by atoms with Crippen LogP contribution >= 0.6 is 11.6 Å². The summed E-state index contributed by atoms with van der Waals surface area (Å²) in [4.78, 5) is 3.81. The number of alkyl halides is 1. The minimum absolute atomic E-state index is 0.0716. The monoisotopic (exact) mass is 220 g/mol. The van der Waals surface area contributed by atoms with E-state index in [4.69, 9.17) is 11.6 Å². The minimum atomic E-state index is -3.33. The van der Waals surface area contributed by atoms with E-state index in [1.54, 1.807) is 18.2 Å². The highest BCUT2D eigenvalue weighted by atomic mass is 35.5. The first-order valence-electron chi connectivity index (χ1n) is 3.61. The standard InChI is InChI=1S/C7H9ClN2O2S/c8-4-6-13(11,12)10-7-3-1-2-5-9-7/h1-3,5H,4,6H2,(H,9,10). The zero-order chi connectivity index (χ0) is 9.73. The first-order chi connectivity index (χ1) is 6.14. The molecule has 0 spiro atoms. The fraction of sp³-hybridized carbons (Fsp3) is 0.286. The highest BCUT2D eigenvalue weighted by Gasteiger charge is 2.08. The van der Waals surface area contributed by atoms with Gasteiger partial charge < -0.3 is 0 Å². The van der Waals surface area contributed by atoms with E-state index in [0.29, 0.717) is 5.82 Å². The molecule has 0 radical (unpaired) electrons. The van der Waals surface area contributed by atoms with Gasteiger partial charge in [0.1, 0.15) is 5.82 Å². The number of aromatic nitrogens is 1. The molecule has 0 bridgehead atoms. The van der Waals surface area contributed by atoms with Crippen LogP contribution in [-0.4, -0.2) is 25.0 Å². The Morgan fingerprint density at radius 2 is 2.23 bits per heavy atom. The lowest BCUT2D eigenvalue weighted by molar-refractivity contribution is 0.602. The second kappa shape index (κ2) is 4.43. The van der Waals surface area contributed by atoms with Crippen LogP contribution in [0.3, 0.4) is 0 Å². The molecule has 1 N–H and O–H groups in total. The zero-order valence-electron chi connectivity index (χ0n) is 6.77. The van der Waals surface area contributed by atoms with Crippen LogP contribution in [0.1, 0.15) is 0 Å². The van der Waals surface area contributed by atoms with Crippen LogP contribution in [0.15, 0.2) is 24.4 Å². The third-order valence-electron chi connectivity index (χ3n) is 1.27. The van der Waals surface area contributed by atoms with Crippen molar-refractivity contribution in [1.29, 1.82) is 0 Å². The van der Waals surface area contributed by atoms with Crippen LogP contribution in [0.2, 0.25) is 0 Å². The molecule has 0 fully saturated rings. The van der Waals surface area contributed by atoms with Gasteiger partial charge in [0.25, 0.3) is 0 Å². The molecule has 0 aliphatic rings. The molecule has 1 heterocycles. The van der Waals surface area contributed by atoms with E-state index in [9.17, 15) is 8.42 Å². The number of nitrogens with zero attached hydrogens (tertiary/aromatic N) is 1. The smallest absolute Gasteiger partial charge is 0.235 e. The van der Waals surface area contributed by atoms with Crippen molar-refractivity contribution < 1.29 is 8.42 Å². The summed E-state index contributed by atoms with van der Waals surface area (Å²) >= 11 is 5.31. The maximum absolute atomic E-state index is 11.2. The molecule has 0 saturated carbocycles. The molecule has 4 nitrogen and oxygen atoms in total. The van der Waals surface area contributed by atoms with Crippen LogP contribution in [0.25, 0.3) is 0 Å². The number of hydrogen-bond acceptors (Lipinski definition) is 3. The highest BCUT2D eigenvalue weighted by molar-refractivity contribution is 7.92. The van der Waals surface area contributed by atoms with Crippen molar-refractivity contribution in [2.45, 2.75) is 0 Å². The zero-order valence-corrected chi connectivity index (χ0v) is 8.35. The largest absolute Gasteiger partial charge is 0.267 e. The Labute approximate surface area is 82.0 Å². The van der Waals surface area contributed by atoms with Gasteiger partial charge in [-0.1, -0.05) is 6.07 Å². The number of pyridine rings is 1. The molecule has 0 amide bonds. The first kappa shape index (κ1) is 10.3. The molecular formula is C7H9ClN2O2S. The van der Waals surface area contributed by atoms with Crippen LogP contribution in [-0.2, 0) is 10.0 Å². The molecule has 13 heavy (non-hydrogen) atoms. The number of rotatable bonds is 4. The van der Waals surface area contributed by atoms with E-state index in [1.807, 2.05) is 0 Å². The topological polar surface area (TPSA) is 59.1 Å². The fourth-order valence-corrected chi connectivity index (χ4v) is 2.09. The Bertz CT molecular complexity index is 352. The van der Waals surface area contributed by atoms with Gasteiger partial charge in [0.2, 0.25) is 10.0 Å². The summed E-state index contributed by atoms with van der Waals surface area (Å²) in [5.74, 6) is 0.278. The first-order valence-corrected chi connectivity index (χ1v) is 5.80. The summed E-state index contributed by atoms with van der Waals surface area (Å²) in [7, 11) is -3.33. The summed E-state index contributed by atoms with van der Waals surface area (Å²) in [6, 6.07) is 4.98. The van der Waals surface area contributed by atoms with Crippen molar-refractivity contribution in [1.82, 2.24) is 4.98 Å². The van der Waals surface area contributed by atoms with E-state index in [0.717, 1.165) is 0 Å². The van der Waals surface area contributed by atoms with Gasteiger partial charge >= 0.3 is 0 Å². The van der Waals surface area contributed by atoms with Gasteiger partial charge in [0.05, 0.1) is 5.75 Å². The van der Waals surface area contributed by atoms with Crippen LogP contribution in [0, 0.1) is 0 Å². The van der Waals surface area contributed by atoms with Gasteiger partial charge in [-0.3, -0.25) is 4.72 Å². The summed E-state index contributed by atoms with van der Waals surface area (Å²) in [5.41, 5.74) is 0. The van der Waals surface area contributed by atoms with E-state index < -0.39 is 10.0 Å². The highest BCUT2D eigenvalue weighted by Crippen LogP contribution is 2.03. The van der Waals surface area contributed by atoms with Gasteiger partial charge in [-0.2, -0.15) is 0 Å². The third kappa shape index (κ3) is 3.61. The third-order valence-corrected chi connectivity index (χ3v) is 2.95. The molecule has 6 heteroatoms. The molecule has 0 aliphatic carbocycles. The molecule has 0 saturated heterocycles. The molecular weight excluding hydrogens is 212 g/mol. The lowest BCUT2D eigenvalue weighted by Crippen LogP contribution is -2.18. The van der Waals surface area contributed by atoms with Crippen molar-refractivity contribution in [3.05, 3.63) is 24.4 Å². The number of halogens is 1. The number of anilines is 1. The average Bonchev–Trinajstić information content (AvgIpc) is 2.04. The second-order valence-electron chi connectivity index (χ2n) is 2.32. The average molecular weight is 221 g/mol. The number of hydrogen-bond donors (Lipinski definition) is 1. The molecule has 0 aliphatic heterocycles. The molecule has 1 rings (SSSR count). The lowest BCUT2D eigenvalue weighted by atomic mass is 10.5. The van der Waals surface area contributed by atoms with Crippen molar-refractivity contribution in [2.75, 3.05) is 16.4 Å². The van der Waals surface area contributed by atoms with Crippen molar-refractivity contribution in [3.63, 3.8) is 0 Å². The maximum atomic E-state index is 11.2. The van der Waals surface area contributed by atoms with Crippen LogP contribution in [0.5, 0.6) is 0 Å². The normalized spacial score (nSPS) is 11.2. The van der Waals surface area contributed by atoms with Crippen molar-refractivity contribution in [3.8, 4) is 0 Å². The Balaban J connectivity index is 2.70. The summed E-state index contributed by atoms with van der Waals surface area (Å²) in [6.45, 7) is 0. The van der Waals surface area contributed by atoms with E-state index >= 15 is 0 Å². The predicted molar refractivity (Wildman–Crippen MR) is 52.4 cm³/mol. The lowest BCUT2D eigenvalue weighted by Gasteiger charge is -2.04. The molecule has 0 atom stereocenters. The van der Waals surface area contributed by atoms with Gasteiger partial charge in [-0.15, -0.1) is 11.6 Å². The number of nitrogens with one attached hydrogen (secondary N) is 1. The molecule has 0 unspecified atom stereocenters. The molecule has 1 aromatic rings. The summed E-state index contributed by atoms with van der Waals surface area (Å²) in [5, 5.41) is 0. The van der Waals surface area contributed by atoms with E-state index in [-0.39, 0.29) is 11.6 Å². The van der Waals surface area contributed by atoms with Crippen LogP contribution in [0.4, 0.5) is 5.82 Å². The van der Waals surface area contributed by atoms with Crippen molar-refractivity contribution in [2.24, 2.45) is 0 Å². The molecule has 1 aromatic heterocycles. The summed E-state index contributed by atoms with van der Waals surface area (Å²) in [6.07, 6.45) is 1.51. The van der Waals surface area contributed by atoms with E-state index in [2.05, 4.69) is 9.71 Å². The second-order valence-corrected chi connectivity index (χ2v) is 4.54.